The van der Waals surface area contributed by atoms with E-state index in [0.717, 1.165) is 24.3 Å². The Morgan fingerprint density at radius 3 is 2.55 bits per heavy atom. The van der Waals surface area contributed by atoms with Gasteiger partial charge in [-0.2, -0.15) is 4.98 Å². The van der Waals surface area contributed by atoms with Crippen LogP contribution in [0.5, 0.6) is 5.75 Å². The van der Waals surface area contributed by atoms with E-state index in [0.29, 0.717) is 23.0 Å². The number of anilines is 2. The van der Waals surface area contributed by atoms with Crippen molar-refractivity contribution >= 4 is 17.3 Å². The van der Waals surface area contributed by atoms with Crippen molar-refractivity contribution in [3.8, 4) is 5.75 Å². The lowest BCUT2D eigenvalue weighted by Gasteiger charge is -2.19. The number of rotatable bonds is 6. The summed E-state index contributed by atoms with van der Waals surface area (Å²) < 4.78 is 10.5. The van der Waals surface area contributed by atoms with Crippen molar-refractivity contribution in [1.82, 2.24) is 10.1 Å². The predicted octanol–water partition coefficient (Wildman–Crippen LogP) is 4.12. The number of ether oxygens (including phenoxy) is 1. The second-order valence-corrected chi connectivity index (χ2v) is 7.19. The van der Waals surface area contributed by atoms with Gasteiger partial charge in [-0.25, -0.2) is 0 Å². The monoisotopic (exact) mass is 392 g/mol. The number of nitrogens with one attached hydrogen (secondary N) is 1. The van der Waals surface area contributed by atoms with E-state index in [1.54, 1.807) is 31.2 Å². The van der Waals surface area contributed by atoms with Gasteiger partial charge in [0.2, 0.25) is 11.7 Å². The molecule has 0 spiro atoms. The number of benzene rings is 2. The molecule has 150 valence electrons. The van der Waals surface area contributed by atoms with Crippen LogP contribution in [0, 0.1) is 13.8 Å². The van der Waals surface area contributed by atoms with Crippen LogP contribution in [0.25, 0.3) is 0 Å². The van der Waals surface area contributed by atoms with Crippen molar-refractivity contribution < 1.29 is 14.1 Å². The first-order valence-corrected chi connectivity index (χ1v) is 9.77. The largest absolute Gasteiger partial charge is 0.485 e. The van der Waals surface area contributed by atoms with Gasteiger partial charge in [0.05, 0.1) is 0 Å². The summed E-state index contributed by atoms with van der Waals surface area (Å²) >= 11 is 0. The van der Waals surface area contributed by atoms with E-state index in [1.807, 2.05) is 13.0 Å². The second-order valence-electron chi connectivity index (χ2n) is 7.19. The number of carbonyl (C=O) groups is 1. The summed E-state index contributed by atoms with van der Waals surface area (Å²) in [7, 11) is 0. The molecule has 1 aliphatic rings. The molecule has 0 saturated carbocycles. The Bertz CT molecular complexity index is 992. The summed E-state index contributed by atoms with van der Waals surface area (Å²) in [5.41, 5.74) is 3.66. The van der Waals surface area contributed by atoms with Gasteiger partial charge in [-0.05, 0) is 67.8 Å². The minimum atomic E-state index is -0.151. The highest BCUT2D eigenvalue weighted by Gasteiger charge is 2.14. The van der Waals surface area contributed by atoms with Crippen LogP contribution in [0.4, 0.5) is 11.4 Å². The fourth-order valence-corrected chi connectivity index (χ4v) is 3.40. The standard InChI is InChI=1S/C22H24N4O3/c1-15-13-18(26-11-3-4-12-26)7-10-20(15)24-22(27)17-5-8-19(9-6-17)28-14-21-23-16(2)29-25-21/h5-10,13H,3-4,11-12,14H2,1-2H3,(H,24,27). The second kappa shape index (κ2) is 8.34. The molecule has 0 aliphatic carbocycles. The van der Waals surface area contributed by atoms with Crippen LogP contribution in [0.15, 0.2) is 47.0 Å². The number of hydrogen-bond acceptors (Lipinski definition) is 6. The zero-order chi connectivity index (χ0) is 20.2. The molecule has 1 saturated heterocycles. The molecule has 4 rings (SSSR count). The Balaban J connectivity index is 1.36. The molecule has 1 fully saturated rings. The van der Waals surface area contributed by atoms with Crippen molar-refractivity contribution in [3.05, 3.63) is 65.3 Å². The van der Waals surface area contributed by atoms with Gasteiger partial charge in [-0.1, -0.05) is 5.16 Å². The number of nitrogens with zero attached hydrogens (tertiary/aromatic N) is 3. The maximum absolute atomic E-state index is 12.6. The van der Waals surface area contributed by atoms with Crippen LogP contribution >= 0.6 is 0 Å². The number of hydrogen-bond donors (Lipinski definition) is 1. The molecule has 1 aromatic heterocycles. The quantitative estimate of drug-likeness (QED) is 0.680. The molecule has 1 amide bonds. The zero-order valence-corrected chi connectivity index (χ0v) is 16.6. The minimum absolute atomic E-state index is 0.151. The van der Waals surface area contributed by atoms with Crippen molar-refractivity contribution in [2.75, 3.05) is 23.3 Å². The first-order chi connectivity index (χ1) is 14.1. The minimum Gasteiger partial charge on any atom is -0.485 e. The summed E-state index contributed by atoms with van der Waals surface area (Å²) in [6.07, 6.45) is 2.48. The summed E-state index contributed by atoms with van der Waals surface area (Å²) in [5.74, 6) is 1.47. The molecule has 3 aromatic rings. The van der Waals surface area contributed by atoms with Crippen molar-refractivity contribution in [2.24, 2.45) is 0 Å². The van der Waals surface area contributed by atoms with E-state index in [4.69, 9.17) is 9.26 Å². The summed E-state index contributed by atoms with van der Waals surface area (Å²) in [6.45, 7) is 6.17. The first kappa shape index (κ1) is 19.0. The average molecular weight is 392 g/mol. The lowest BCUT2D eigenvalue weighted by Crippen LogP contribution is -2.18. The van der Waals surface area contributed by atoms with Gasteiger partial charge >= 0.3 is 0 Å². The van der Waals surface area contributed by atoms with Gasteiger partial charge in [0.25, 0.3) is 5.91 Å². The molecule has 0 bridgehead atoms. The highest BCUT2D eigenvalue weighted by Crippen LogP contribution is 2.26. The van der Waals surface area contributed by atoms with E-state index >= 15 is 0 Å². The molecule has 7 nitrogen and oxygen atoms in total. The molecule has 2 heterocycles. The van der Waals surface area contributed by atoms with Crippen LogP contribution in [0.1, 0.15) is 40.5 Å². The van der Waals surface area contributed by atoms with Gasteiger partial charge in [-0.3, -0.25) is 4.79 Å². The van der Waals surface area contributed by atoms with E-state index in [1.165, 1.54) is 18.5 Å². The number of aromatic nitrogens is 2. The van der Waals surface area contributed by atoms with E-state index in [9.17, 15) is 4.79 Å². The number of aryl methyl sites for hydroxylation is 2. The fraction of sp³-hybridized carbons (Fsp3) is 0.318. The van der Waals surface area contributed by atoms with Crippen LogP contribution in [-0.4, -0.2) is 29.1 Å². The van der Waals surface area contributed by atoms with Crippen molar-refractivity contribution in [3.63, 3.8) is 0 Å². The zero-order valence-electron chi connectivity index (χ0n) is 16.6. The lowest BCUT2D eigenvalue weighted by atomic mass is 10.1. The number of amides is 1. The van der Waals surface area contributed by atoms with Crippen LogP contribution in [0.2, 0.25) is 0 Å². The molecule has 0 radical (unpaired) electrons. The summed E-state index contributed by atoms with van der Waals surface area (Å²) in [6, 6.07) is 13.2. The maximum Gasteiger partial charge on any atom is 0.255 e. The molecule has 1 N–H and O–H groups in total. The smallest absolute Gasteiger partial charge is 0.255 e. The van der Waals surface area contributed by atoms with Gasteiger partial charge in [0.15, 0.2) is 6.61 Å². The fourth-order valence-electron chi connectivity index (χ4n) is 3.40. The highest BCUT2D eigenvalue weighted by molar-refractivity contribution is 6.04. The van der Waals surface area contributed by atoms with Gasteiger partial charge in [-0.15, -0.1) is 0 Å². The molecule has 2 aromatic carbocycles. The Kier molecular flexibility index (Phi) is 5.46. The Hall–Kier alpha value is -3.35. The van der Waals surface area contributed by atoms with Crippen LogP contribution in [0.3, 0.4) is 0 Å². The molecular formula is C22H24N4O3. The SMILES string of the molecule is Cc1nc(COc2ccc(C(=O)Nc3ccc(N4CCCC4)cc3C)cc2)no1. The van der Waals surface area contributed by atoms with Crippen molar-refractivity contribution in [1.29, 1.82) is 0 Å². The van der Waals surface area contributed by atoms with Gasteiger partial charge in [0.1, 0.15) is 5.75 Å². The maximum atomic E-state index is 12.6. The first-order valence-electron chi connectivity index (χ1n) is 9.77. The topological polar surface area (TPSA) is 80.5 Å². The molecule has 0 atom stereocenters. The highest BCUT2D eigenvalue weighted by atomic mass is 16.5. The number of carbonyl (C=O) groups excluding carboxylic acids is 1. The van der Waals surface area contributed by atoms with Gasteiger partial charge in [0, 0.05) is 37.0 Å². The predicted molar refractivity (Wildman–Crippen MR) is 110 cm³/mol. The lowest BCUT2D eigenvalue weighted by molar-refractivity contribution is 0.102. The average Bonchev–Trinajstić information content (AvgIpc) is 3.40. The van der Waals surface area contributed by atoms with E-state index in [-0.39, 0.29) is 12.5 Å². The molecule has 7 heteroatoms. The van der Waals surface area contributed by atoms with E-state index in [2.05, 4.69) is 32.5 Å². The Labute approximate surface area is 169 Å². The third kappa shape index (κ3) is 4.56. The van der Waals surface area contributed by atoms with Crippen LogP contribution in [-0.2, 0) is 6.61 Å². The molecule has 1 aliphatic heterocycles. The summed E-state index contributed by atoms with van der Waals surface area (Å²) in [4.78, 5) is 19.1. The molecule has 0 unspecified atom stereocenters. The third-order valence-corrected chi connectivity index (χ3v) is 4.98. The van der Waals surface area contributed by atoms with E-state index < -0.39 is 0 Å². The molecular weight excluding hydrogens is 368 g/mol. The Morgan fingerprint density at radius 1 is 1.14 bits per heavy atom. The third-order valence-electron chi connectivity index (χ3n) is 4.98. The Morgan fingerprint density at radius 2 is 1.90 bits per heavy atom. The van der Waals surface area contributed by atoms with Crippen molar-refractivity contribution in [2.45, 2.75) is 33.3 Å². The summed E-state index contributed by atoms with van der Waals surface area (Å²) in [5, 5.41) is 6.78. The normalized spacial score (nSPS) is 13.5. The van der Waals surface area contributed by atoms with Gasteiger partial charge < -0.3 is 19.5 Å². The van der Waals surface area contributed by atoms with Crippen LogP contribution < -0.4 is 15.0 Å². The molecule has 29 heavy (non-hydrogen) atoms.